The number of amides is 1. The summed E-state index contributed by atoms with van der Waals surface area (Å²) < 4.78 is 0. The fraction of sp³-hybridized carbons (Fsp3) is 0.273. The molecule has 0 saturated heterocycles. The molecule has 0 bridgehead atoms. The van der Waals surface area contributed by atoms with Crippen molar-refractivity contribution in [3.8, 4) is 11.3 Å². The summed E-state index contributed by atoms with van der Waals surface area (Å²) in [6, 6.07) is 9.52. The first kappa shape index (κ1) is 20.1. The Bertz CT molecular complexity index is 1070. The summed E-state index contributed by atoms with van der Waals surface area (Å²) in [7, 11) is 0. The summed E-state index contributed by atoms with van der Waals surface area (Å²) in [6.07, 6.45) is 6.44. The van der Waals surface area contributed by atoms with Crippen molar-refractivity contribution in [3.63, 3.8) is 0 Å². The first-order chi connectivity index (χ1) is 14.6. The van der Waals surface area contributed by atoms with Crippen LogP contribution < -0.4 is 16.0 Å². The number of rotatable bonds is 7. The van der Waals surface area contributed by atoms with E-state index in [2.05, 4.69) is 25.9 Å². The maximum Gasteiger partial charge on any atom is 0.227 e. The Morgan fingerprint density at radius 3 is 2.77 bits per heavy atom. The number of hydrogen-bond donors (Lipinski definition) is 3. The van der Waals surface area contributed by atoms with E-state index < -0.39 is 0 Å². The monoisotopic (exact) mass is 422 g/mol. The number of pyridine rings is 1. The van der Waals surface area contributed by atoms with Gasteiger partial charge in [0.2, 0.25) is 11.9 Å². The Labute approximate surface area is 180 Å². The van der Waals surface area contributed by atoms with Gasteiger partial charge in [-0.2, -0.15) is 0 Å². The van der Waals surface area contributed by atoms with Crippen LogP contribution in [0.2, 0.25) is 5.02 Å². The number of carbonyl (C=O) groups is 1. The van der Waals surface area contributed by atoms with Crippen LogP contribution in [-0.2, 0) is 17.6 Å². The fourth-order valence-electron chi connectivity index (χ4n) is 3.42. The lowest BCUT2D eigenvalue weighted by Gasteiger charge is -2.20. The Kier molecular flexibility index (Phi) is 6.09. The lowest BCUT2D eigenvalue weighted by atomic mass is 9.91. The maximum absolute atomic E-state index is 10.9. The highest BCUT2D eigenvalue weighted by atomic mass is 35.5. The molecule has 3 N–H and O–H groups in total. The van der Waals surface area contributed by atoms with Crippen molar-refractivity contribution in [2.75, 3.05) is 23.7 Å². The quantitative estimate of drug-likeness (QED) is 0.499. The van der Waals surface area contributed by atoms with Gasteiger partial charge in [0.25, 0.3) is 0 Å². The molecule has 0 atom stereocenters. The zero-order chi connectivity index (χ0) is 20.9. The van der Waals surface area contributed by atoms with Crippen LogP contribution in [0.4, 0.5) is 17.5 Å². The third-order valence-electron chi connectivity index (χ3n) is 4.88. The molecule has 0 saturated carbocycles. The van der Waals surface area contributed by atoms with Crippen LogP contribution in [0.1, 0.15) is 24.5 Å². The number of aromatic nitrogens is 3. The number of anilines is 3. The lowest BCUT2D eigenvalue weighted by molar-refractivity contribution is -0.118. The summed E-state index contributed by atoms with van der Waals surface area (Å²) in [5.74, 6) is 1.32. The molecule has 7 nitrogen and oxygen atoms in total. The number of aryl methyl sites for hydroxylation is 2. The lowest BCUT2D eigenvalue weighted by Crippen LogP contribution is -2.22. The third-order valence-corrected chi connectivity index (χ3v) is 5.12. The van der Waals surface area contributed by atoms with Crippen molar-refractivity contribution in [1.29, 1.82) is 0 Å². The second kappa shape index (κ2) is 9.09. The van der Waals surface area contributed by atoms with Crippen LogP contribution in [0, 0.1) is 0 Å². The Morgan fingerprint density at radius 1 is 1.10 bits per heavy atom. The van der Waals surface area contributed by atoms with Crippen molar-refractivity contribution in [3.05, 3.63) is 58.9 Å². The van der Waals surface area contributed by atoms with Crippen molar-refractivity contribution in [1.82, 2.24) is 20.3 Å². The topological polar surface area (TPSA) is 91.8 Å². The zero-order valence-electron chi connectivity index (χ0n) is 16.7. The molecule has 4 rings (SSSR count). The molecule has 1 amide bonds. The largest absolute Gasteiger partial charge is 0.370 e. The summed E-state index contributed by atoms with van der Waals surface area (Å²) in [6.45, 7) is 2.89. The van der Waals surface area contributed by atoms with Crippen molar-refractivity contribution >= 4 is 35.0 Å². The summed E-state index contributed by atoms with van der Waals surface area (Å²) in [5, 5.41) is 10.00. The molecule has 1 aromatic carbocycles. The van der Waals surface area contributed by atoms with E-state index >= 15 is 0 Å². The van der Waals surface area contributed by atoms with Gasteiger partial charge in [0.05, 0.1) is 5.69 Å². The van der Waals surface area contributed by atoms with Crippen molar-refractivity contribution in [2.45, 2.75) is 26.2 Å². The van der Waals surface area contributed by atoms with Crippen LogP contribution in [0.15, 0.2) is 42.7 Å². The molecular weight excluding hydrogens is 400 g/mol. The molecule has 2 heterocycles. The van der Waals surface area contributed by atoms with Gasteiger partial charge in [-0.05, 0) is 54.7 Å². The van der Waals surface area contributed by atoms with Gasteiger partial charge in [-0.15, -0.1) is 0 Å². The minimum atomic E-state index is -0.0135. The standard InChI is InChI=1S/C22H23ClN6O/c1-14(30)24-8-3-9-25-20-11-19-15(12-26-20)6-7-16-13-27-22(29-21(16)19)28-18-5-2-4-17(23)10-18/h2,4-5,10-13H,3,6-9H2,1H3,(H,24,30)(H,25,26)(H,27,28,29). The number of fused-ring (bicyclic) bond motifs is 3. The minimum Gasteiger partial charge on any atom is -0.370 e. The highest BCUT2D eigenvalue weighted by molar-refractivity contribution is 6.30. The van der Waals surface area contributed by atoms with Gasteiger partial charge in [-0.25, -0.2) is 15.0 Å². The van der Waals surface area contributed by atoms with Crippen LogP contribution in [0.25, 0.3) is 11.3 Å². The SMILES string of the molecule is CC(=O)NCCCNc1cc2c(cn1)CCc1cnc(Nc3cccc(Cl)c3)nc1-2. The highest BCUT2D eigenvalue weighted by Crippen LogP contribution is 2.33. The molecule has 1 aliphatic rings. The number of nitrogens with zero attached hydrogens (tertiary/aromatic N) is 3. The normalized spacial score (nSPS) is 11.9. The van der Waals surface area contributed by atoms with Crippen LogP contribution in [-0.4, -0.2) is 33.9 Å². The first-order valence-corrected chi connectivity index (χ1v) is 10.3. The Morgan fingerprint density at radius 2 is 1.93 bits per heavy atom. The molecule has 1 aliphatic carbocycles. The second-order valence-electron chi connectivity index (χ2n) is 7.19. The molecule has 0 aliphatic heterocycles. The van der Waals surface area contributed by atoms with E-state index in [9.17, 15) is 4.79 Å². The number of nitrogens with one attached hydrogen (secondary N) is 3. The predicted octanol–water partition coefficient (Wildman–Crippen LogP) is 3.97. The summed E-state index contributed by atoms with van der Waals surface area (Å²) in [4.78, 5) is 24.7. The fourth-order valence-corrected chi connectivity index (χ4v) is 3.61. The van der Waals surface area contributed by atoms with Crippen LogP contribution in [0.3, 0.4) is 0 Å². The Hall–Kier alpha value is -3.19. The van der Waals surface area contributed by atoms with Gasteiger partial charge in [0, 0.05) is 48.7 Å². The smallest absolute Gasteiger partial charge is 0.227 e. The molecule has 8 heteroatoms. The van der Waals surface area contributed by atoms with Crippen LogP contribution >= 0.6 is 11.6 Å². The van der Waals surface area contributed by atoms with Gasteiger partial charge in [0.1, 0.15) is 5.82 Å². The average molecular weight is 423 g/mol. The molecule has 0 radical (unpaired) electrons. The number of carbonyl (C=O) groups excluding carboxylic acids is 1. The van der Waals surface area contributed by atoms with Crippen LogP contribution in [0.5, 0.6) is 0 Å². The van der Waals surface area contributed by atoms with Gasteiger partial charge in [-0.1, -0.05) is 17.7 Å². The zero-order valence-corrected chi connectivity index (χ0v) is 17.5. The number of benzene rings is 1. The van der Waals surface area contributed by atoms with E-state index in [0.29, 0.717) is 17.5 Å². The van der Waals surface area contributed by atoms with E-state index in [1.807, 2.05) is 42.7 Å². The number of hydrogen-bond acceptors (Lipinski definition) is 6. The van der Waals surface area contributed by atoms with Crippen molar-refractivity contribution < 1.29 is 4.79 Å². The number of halogens is 1. The van der Waals surface area contributed by atoms with Gasteiger partial charge in [-0.3, -0.25) is 4.79 Å². The maximum atomic E-state index is 10.9. The summed E-state index contributed by atoms with van der Waals surface area (Å²) >= 11 is 6.07. The third kappa shape index (κ3) is 4.86. The molecule has 0 fully saturated rings. The van der Waals surface area contributed by atoms with E-state index in [0.717, 1.165) is 54.1 Å². The molecule has 30 heavy (non-hydrogen) atoms. The minimum absolute atomic E-state index is 0.0135. The van der Waals surface area contributed by atoms with E-state index in [4.69, 9.17) is 16.6 Å². The first-order valence-electron chi connectivity index (χ1n) is 9.94. The van der Waals surface area contributed by atoms with Gasteiger partial charge >= 0.3 is 0 Å². The van der Waals surface area contributed by atoms with Gasteiger partial charge in [0.15, 0.2) is 0 Å². The van der Waals surface area contributed by atoms with E-state index in [-0.39, 0.29) is 5.91 Å². The molecule has 2 aromatic heterocycles. The second-order valence-corrected chi connectivity index (χ2v) is 7.63. The van der Waals surface area contributed by atoms with E-state index in [1.165, 1.54) is 12.5 Å². The van der Waals surface area contributed by atoms with Gasteiger partial charge < -0.3 is 16.0 Å². The molecule has 3 aromatic rings. The molecular formula is C22H23ClN6O. The predicted molar refractivity (Wildman–Crippen MR) is 119 cm³/mol. The molecule has 0 spiro atoms. The average Bonchev–Trinajstić information content (AvgIpc) is 2.73. The molecule has 154 valence electrons. The Balaban J connectivity index is 1.52. The molecule has 0 unspecified atom stereocenters. The van der Waals surface area contributed by atoms with E-state index in [1.54, 1.807) is 0 Å². The van der Waals surface area contributed by atoms with Crippen molar-refractivity contribution in [2.24, 2.45) is 0 Å². The summed E-state index contributed by atoms with van der Waals surface area (Å²) in [5.41, 5.74) is 5.15. The highest BCUT2D eigenvalue weighted by Gasteiger charge is 2.19.